The Balaban J connectivity index is 1.89. The molecule has 0 saturated heterocycles. The molecule has 0 saturated carbocycles. The van der Waals surface area contributed by atoms with Gasteiger partial charge in [0.2, 0.25) is 0 Å². The lowest BCUT2D eigenvalue weighted by atomic mass is 10.2. The van der Waals surface area contributed by atoms with Gasteiger partial charge in [0.25, 0.3) is 0 Å². The molecule has 0 radical (unpaired) electrons. The zero-order chi connectivity index (χ0) is 15.2. The summed E-state index contributed by atoms with van der Waals surface area (Å²) in [5.41, 5.74) is 2.42. The standard InChI is InChI=1S/C17H28N4/c1-5-21(6-2)13-9-10-14(3)18-17-19-15-11-7-8-12-16(15)20(17)4/h7-8,11-12,14H,5-6,9-10,13H2,1-4H3,(H,18,19)/p+2/t14-/m1/s1. The summed E-state index contributed by atoms with van der Waals surface area (Å²) >= 11 is 0. The Morgan fingerprint density at radius 3 is 2.62 bits per heavy atom. The molecule has 4 nitrogen and oxygen atoms in total. The number of anilines is 1. The van der Waals surface area contributed by atoms with Gasteiger partial charge in [0.15, 0.2) is 0 Å². The van der Waals surface area contributed by atoms with Crippen molar-refractivity contribution in [2.45, 2.75) is 39.7 Å². The van der Waals surface area contributed by atoms with Crippen LogP contribution in [0.5, 0.6) is 0 Å². The van der Waals surface area contributed by atoms with Crippen LogP contribution in [0.4, 0.5) is 5.95 Å². The molecule has 4 heteroatoms. The number of fused-ring (bicyclic) bond motifs is 1. The number of rotatable bonds is 8. The molecule has 1 aromatic heterocycles. The van der Waals surface area contributed by atoms with E-state index in [4.69, 9.17) is 0 Å². The molecule has 0 aliphatic rings. The molecule has 0 amide bonds. The van der Waals surface area contributed by atoms with E-state index in [0.29, 0.717) is 6.04 Å². The highest BCUT2D eigenvalue weighted by molar-refractivity contribution is 5.72. The van der Waals surface area contributed by atoms with Gasteiger partial charge >= 0.3 is 5.95 Å². The summed E-state index contributed by atoms with van der Waals surface area (Å²) in [5.74, 6) is 1.10. The van der Waals surface area contributed by atoms with E-state index in [-0.39, 0.29) is 0 Å². The average Bonchev–Trinajstić information content (AvgIpc) is 2.80. The summed E-state index contributed by atoms with van der Waals surface area (Å²) in [5, 5.41) is 3.61. The molecule has 2 aromatic rings. The van der Waals surface area contributed by atoms with Crippen molar-refractivity contribution in [3.05, 3.63) is 24.3 Å². The van der Waals surface area contributed by atoms with Crippen LogP contribution in [-0.2, 0) is 7.05 Å². The Kier molecular flexibility index (Phi) is 5.62. The van der Waals surface area contributed by atoms with Crippen LogP contribution in [0.3, 0.4) is 0 Å². The molecule has 21 heavy (non-hydrogen) atoms. The van der Waals surface area contributed by atoms with Gasteiger partial charge in [-0.25, -0.2) is 9.55 Å². The van der Waals surface area contributed by atoms with Crippen molar-refractivity contribution in [1.82, 2.24) is 4.98 Å². The number of quaternary nitrogens is 1. The summed E-state index contributed by atoms with van der Waals surface area (Å²) in [4.78, 5) is 5.16. The van der Waals surface area contributed by atoms with Gasteiger partial charge in [-0.3, -0.25) is 5.32 Å². The number of para-hydroxylation sites is 2. The van der Waals surface area contributed by atoms with Gasteiger partial charge in [-0.05, 0) is 45.7 Å². The Labute approximate surface area is 128 Å². The smallest absolute Gasteiger partial charge is 0.335 e. The third-order valence-corrected chi connectivity index (χ3v) is 4.40. The minimum atomic E-state index is 0.485. The van der Waals surface area contributed by atoms with Gasteiger partial charge in [0, 0.05) is 0 Å². The lowest BCUT2D eigenvalue weighted by molar-refractivity contribution is -0.896. The number of benzene rings is 1. The molecule has 0 spiro atoms. The third kappa shape index (κ3) is 3.97. The SMILES string of the molecule is CC[NH+](CC)CCC[C@@H](C)Nc1[nH]c2ccccc2[n+]1C. The van der Waals surface area contributed by atoms with Crippen molar-refractivity contribution in [3.8, 4) is 0 Å². The highest BCUT2D eigenvalue weighted by Crippen LogP contribution is 2.12. The predicted molar refractivity (Wildman–Crippen MR) is 88.7 cm³/mol. The third-order valence-electron chi connectivity index (χ3n) is 4.40. The van der Waals surface area contributed by atoms with E-state index >= 15 is 0 Å². The van der Waals surface area contributed by atoms with Crippen molar-refractivity contribution >= 4 is 17.0 Å². The fourth-order valence-electron chi connectivity index (χ4n) is 2.90. The van der Waals surface area contributed by atoms with Gasteiger partial charge < -0.3 is 4.90 Å². The van der Waals surface area contributed by atoms with Crippen molar-refractivity contribution in [3.63, 3.8) is 0 Å². The van der Waals surface area contributed by atoms with Crippen molar-refractivity contribution < 1.29 is 9.47 Å². The highest BCUT2D eigenvalue weighted by Gasteiger charge is 2.16. The van der Waals surface area contributed by atoms with Gasteiger partial charge in [-0.1, -0.05) is 12.1 Å². The molecule has 0 aliphatic heterocycles. The van der Waals surface area contributed by atoms with Crippen molar-refractivity contribution in [1.29, 1.82) is 0 Å². The number of hydrogen-bond donors (Lipinski definition) is 3. The van der Waals surface area contributed by atoms with Crippen molar-refractivity contribution in [2.75, 3.05) is 25.0 Å². The minimum absolute atomic E-state index is 0.485. The number of aromatic amines is 1. The van der Waals surface area contributed by atoms with Crippen LogP contribution in [0, 0.1) is 0 Å². The van der Waals surface area contributed by atoms with E-state index in [2.05, 4.69) is 67.0 Å². The lowest BCUT2D eigenvalue weighted by Crippen LogP contribution is -3.11. The Bertz CT molecular complexity index is 557. The molecule has 3 N–H and O–H groups in total. The molecular weight excluding hydrogens is 260 g/mol. The molecule has 1 aromatic carbocycles. The number of H-pyrrole nitrogens is 1. The van der Waals surface area contributed by atoms with Crippen LogP contribution in [0.25, 0.3) is 11.0 Å². The quantitative estimate of drug-likeness (QED) is 0.633. The zero-order valence-electron chi connectivity index (χ0n) is 13.9. The van der Waals surface area contributed by atoms with Crippen LogP contribution in [-0.4, -0.2) is 30.7 Å². The fourth-order valence-corrected chi connectivity index (χ4v) is 2.90. The first-order valence-corrected chi connectivity index (χ1v) is 8.22. The Hall–Kier alpha value is -1.55. The van der Waals surface area contributed by atoms with Gasteiger partial charge in [0.05, 0.1) is 32.7 Å². The van der Waals surface area contributed by atoms with E-state index in [1.54, 1.807) is 4.90 Å². The minimum Gasteiger partial charge on any atom is -0.335 e. The van der Waals surface area contributed by atoms with Gasteiger partial charge in [-0.2, -0.15) is 0 Å². The maximum atomic E-state index is 3.61. The molecule has 0 unspecified atom stereocenters. The Morgan fingerprint density at radius 2 is 1.95 bits per heavy atom. The van der Waals surface area contributed by atoms with Crippen LogP contribution in [0.2, 0.25) is 0 Å². The molecule has 0 bridgehead atoms. The summed E-state index contributed by atoms with van der Waals surface area (Å²) in [6, 6.07) is 8.90. The molecule has 2 rings (SSSR count). The summed E-state index contributed by atoms with van der Waals surface area (Å²) in [6.07, 6.45) is 2.48. The maximum Gasteiger partial charge on any atom is 0.355 e. The molecular formula is C17H30N4+2. The largest absolute Gasteiger partial charge is 0.355 e. The van der Waals surface area contributed by atoms with E-state index in [1.165, 1.54) is 43.5 Å². The Morgan fingerprint density at radius 1 is 1.24 bits per heavy atom. The molecule has 0 fully saturated rings. The molecule has 0 aliphatic carbocycles. The normalized spacial score (nSPS) is 13.0. The van der Waals surface area contributed by atoms with E-state index in [0.717, 1.165) is 5.95 Å². The average molecular weight is 290 g/mol. The first-order chi connectivity index (χ1) is 10.2. The second-order valence-corrected chi connectivity index (χ2v) is 5.94. The number of hydrogen-bond acceptors (Lipinski definition) is 1. The summed E-state index contributed by atoms with van der Waals surface area (Å²) in [7, 11) is 2.11. The second-order valence-electron chi connectivity index (χ2n) is 5.94. The predicted octanol–water partition coefficient (Wildman–Crippen LogP) is 1.50. The number of aromatic nitrogens is 2. The second kappa shape index (κ2) is 7.46. The van der Waals surface area contributed by atoms with E-state index < -0.39 is 0 Å². The number of aryl methyl sites for hydroxylation is 1. The lowest BCUT2D eigenvalue weighted by Gasteiger charge is -2.16. The maximum absolute atomic E-state index is 3.61. The zero-order valence-corrected chi connectivity index (χ0v) is 13.9. The van der Waals surface area contributed by atoms with Crippen LogP contribution in [0.1, 0.15) is 33.6 Å². The van der Waals surface area contributed by atoms with E-state index in [9.17, 15) is 0 Å². The van der Waals surface area contributed by atoms with Gasteiger partial charge in [0.1, 0.15) is 11.0 Å². The molecule has 116 valence electrons. The van der Waals surface area contributed by atoms with Crippen LogP contribution in [0.15, 0.2) is 24.3 Å². The topological polar surface area (TPSA) is 36.1 Å². The van der Waals surface area contributed by atoms with Gasteiger partial charge in [-0.15, -0.1) is 0 Å². The monoisotopic (exact) mass is 290 g/mol. The van der Waals surface area contributed by atoms with E-state index in [1.807, 2.05) is 0 Å². The first kappa shape index (κ1) is 15.8. The van der Waals surface area contributed by atoms with Crippen LogP contribution >= 0.6 is 0 Å². The fraction of sp³-hybridized carbons (Fsp3) is 0.588. The molecule has 1 heterocycles. The highest BCUT2D eigenvalue weighted by atomic mass is 15.2. The number of nitrogens with zero attached hydrogens (tertiary/aromatic N) is 1. The number of imidazole rings is 1. The molecule has 1 atom stereocenters. The van der Waals surface area contributed by atoms with Crippen molar-refractivity contribution in [2.24, 2.45) is 7.05 Å². The summed E-state index contributed by atoms with van der Waals surface area (Å²) < 4.78 is 2.20. The first-order valence-electron chi connectivity index (χ1n) is 8.22. The number of nitrogens with one attached hydrogen (secondary N) is 3. The summed E-state index contributed by atoms with van der Waals surface area (Å²) in [6.45, 7) is 10.5. The van der Waals surface area contributed by atoms with Crippen LogP contribution < -0.4 is 14.8 Å².